The van der Waals surface area contributed by atoms with Crippen molar-refractivity contribution >= 4 is 34.9 Å². The lowest BCUT2D eigenvalue weighted by molar-refractivity contribution is 0.313. The Bertz CT molecular complexity index is 1010. The average molecular weight is 473 g/mol. The largest absolute Gasteiger partial charge is 0.375 e. The summed E-state index contributed by atoms with van der Waals surface area (Å²) in [5.41, 5.74) is 11.2. The highest BCUT2D eigenvalue weighted by Crippen LogP contribution is 2.35. The van der Waals surface area contributed by atoms with Gasteiger partial charge in [0.25, 0.3) is 0 Å². The summed E-state index contributed by atoms with van der Waals surface area (Å²) in [7, 11) is 2.10. The van der Waals surface area contributed by atoms with Gasteiger partial charge in [-0.05, 0) is 67.9 Å². The van der Waals surface area contributed by atoms with Crippen molar-refractivity contribution in [3.63, 3.8) is 0 Å². The number of halogens is 2. The van der Waals surface area contributed by atoms with Crippen LogP contribution in [0.25, 0.3) is 0 Å². The second kappa shape index (κ2) is 10.4. The van der Waals surface area contributed by atoms with E-state index in [0.29, 0.717) is 11.3 Å². The molecule has 0 atom stereocenters. The number of piperidine rings is 1. The summed E-state index contributed by atoms with van der Waals surface area (Å²) in [6.07, 6.45) is 3.28. The number of hydrazone groups is 1. The van der Waals surface area contributed by atoms with Gasteiger partial charge in [-0.2, -0.15) is 5.10 Å². The van der Waals surface area contributed by atoms with E-state index in [4.69, 9.17) is 18.0 Å². The van der Waals surface area contributed by atoms with Crippen LogP contribution in [-0.4, -0.2) is 62.5 Å². The standard InChI is InChI=1S/C24H30F2N6S/c1-30-9-11-32(12-10-30)22-15-23(21(26)14-19(22)16-28-29-24(27)33)31-7-5-17(6-8-31)18-3-2-4-20(25)13-18/h2-4,13-17H,5-12H2,1H3,(H3,27,29,33). The molecule has 2 heterocycles. The van der Waals surface area contributed by atoms with Gasteiger partial charge in [0.2, 0.25) is 0 Å². The van der Waals surface area contributed by atoms with Crippen LogP contribution in [0.1, 0.15) is 29.9 Å². The van der Waals surface area contributed by atoms with Crippen molar-refractivity contribution in [3.8, 4) is 0 Å². The molecule has 3 N–H and O–H groups in total. The number of nitrogens with two attached hydrogens (primary N) is 1. The van der Waals surface area contributed by atoms with Gasteiger partial charge in [0.1, 0.15) is 11.6 Å². The van der Waals surface area contributed by atoms with E-state index < -0.39 is 0 Å². The van der Waals surface area contributed by atoms with Gasteiger partial charge in [-0.25, -0.2) is 8.78 Å². The summed E-state index contributed by atoms with van der Waals surface area (Å²) < 4.78 is 28.9. The zero-order chi connectivity index (χ0) is 23.4. The van der Waals surface area contributed by atoms with Crippen molar-refractivity contribution < 1.29 is 8.78 Å². The fourth-order valence-corrected chi connectivity index (χ4v) is 4.67. The lowest BCUT2D eigenvalue weighted by Gasteiger charge is -2.37. The minimum Gasteiger partial charge on any atom is -0.375 e. The van der Waals surface area contributed by atoms with Crippen LogP contribution in [0, 0.1) is 11.6 Å². The summed E-state index contributed by atoms with van der Waals surface area (Å²) in [4.78, 5) is 6.64. The third-order valence-corrected chi connectivity index (χ3v) is 6.57. The van der Waals surface area contributed by atoms with E-state index in [-0.39, 0.29) is 22.7 Å². The number of likely N-dealkylation sites (N-methyl/N-ethyl adjacent to an activating group) is 1. The van der Waals surface area contributed by atoms with Crippen LogP contribution in [0.15, 0.2) is 41.5 Å². The monoisotopic (exact) mass is 472 g/mol. The maximum atomic E-state index is 15.3. The van der Waals surface area contributed by atoms with Crippen molar-refractivity contribution in [1.82, 2.24) is 10.3 Å². The molecule has 9 heteroatoms. The van der Waals surface area contributed by atoms with Crippen molar-refractivity contribution in [2.45, 2.75) is 18.8 Å². The minimum absolute atomic E-state index is 0.0608. The highest BCUT2D eigenvalue weighted by molar-refractivity contribution is 7.80. The smallest absolute Gasteiger partial charge is 0.184 e. The van der Waals surface area contributed by atoms with Gasteiger partial charge < -0.3 is 20.4 Å². The van der Waals surface area contributed by atoms with E-state index in [0.717, 1.165) is 63.4 Å². The first-order valence-electron chi connectivity index (χ1n) is 11.3. The summed E-state index contributed by atoms with van der Waals surface area (Å²) in [6, 6.07) is 10.3. The average Bonchev–Trinajstić information content (AvgIpc) is 2.80. The first-order chi connectivity index (χ1) is 15.9. The molecule has 2 saturated heterocycles. The van der Waals surface area contributed by atoms with E-state index in [2.05, 4.69) is 32.3 Å². The van der Waals surface area contributed by atoms with Gasteiger partial charge >= 0.3 is 0 Å². The third-order valence-electron chi connectivity index (χ3n) is 6.47. The normalized spacial score (nSPS) is 18.2. The molecule has 2 aliphatic rings. The second-order valence-corrected chi connectivity index (χ2v) is 9.14. The molecule has 2 aromatic rings. The highest BCUT2D eigenvalue weighted by Gasteiger charge is 2.25. The van der Waals surface area contributed by atoms with Crippen LogP contribution in [0.2, 0.25) is 0 Å². The molecular formula is C24H30F2N6S. The maximum absolute atomic E-state index is 15.3. The van der Waals surface area contributed by atoms with Crippen molar-refractivity contribution in [3.05, 3.63) is 59.2 Å². The molecule has 0 saturated carbocycles. The van der Waals surface area contributed by atoms with Gasteiger partial charge in [-0.1, -0.05) is 12.1 Å². The Morgan fingerprint density at radius 1 is 1.03 bits per heavy atom. The zero-order valence-corrected chi connectivity index (χ0v) is 19.6. The number of rotatable bonds is 5. The van der Waals surface area contributed by atoms with Gasteiger partial charge in [0, 0.05) is 50.5 Å². The third kappa shape index (κ3) is 5.78. The van der Waals surface area contributed by atoms with Gasteiger partial charge in [-0.15, -0.1) is 0 Å². The Hall–Kier alpha value is -2.78. The number of hydrogen-bond donors (Lipinski definition) is 2. The van der Waals surface area contributed by atoms with Gasteiger partial charge in [-0.3, -0.25) is 5.43 Å². The van der Waals surface area contributed by atoms with Crippen molar-refractivity contribution in [2.75, 3.05) is 56.1 Å². The fourth-order valence-electron chi connectivity index (χ4n) is 4.61. The predicted molar refractivity (Wildman–Crippen MR) is 134 cm³/mol. The Morgan fingerprint density at radius 3 is 2.39 bits per heavy atom. The maximum Gasteiger partial charge on any atom is 0.184 e. The first kappa shape index (κ1) is 23.4. The van der Waals surface area contributed by atoms with E-state index in [1.54, 1.807) is 18.3 Å². The second-order valence-electron chi connectivity index (χ2n) is 8.70. The number of nitrogens with zero attached hydrogens (tertiary/aromatic N) is 4. The topological polar surface area (TPSA) is 60.1 Å². The summed E-state index contributed by atoms with van der Waals surface area (Å²) >= 11 is 4.80. The fraction of sp³-hybridized carbons (Fsp3) is 0.417. The van der Waals surface area contributed by atoms with E-state index in [1.165, 1.54) is 12.1 Å². The Balaban J connectivity index is 1.56. The van der Waals surface area contributed by atoms with Crippen LogP contribution >= 0.6 is 12.2 Å². The van der Waals surface area contributed by atoms with E-state index in [9.17, 15) is 4.39 Å². The Labute approximate surface area is 199 Å². The lowest BCUT2D eigenvalue weighted by Crippen LogP contribution is -2.45. The summed E-state index contributed by atoms with van der Waals surface area (Å²) in [6.45, 7) is 5.02. The molecule has 2 aliphatic heterocycles. The molecular weight excluding hydrogens is 442 g/mol. The van der Waals surface area contributed by atoms with Crippen LogP contribution in [0.3, 0.4) is 0 Å². The van der Waals surface area contributed by atoms with Crippen LogP contribution in [0.5, 0.6) is 0 Å². The number of nitrogens with one attached hydrogen (secondary N) is 1. The van der Waals surface area contributed by atoms with Crippen molar-refractivity contribution in [1.29, 1.82) is 0 Å². The lowest BCUT2D eigenvalue weighted by atomic mass is 9.89. The van der Waals surface area contributed by atoms with Gasteiger partial charge in [0.05, 0.1) is 11.9 Å². The Kier molecular flexibility index (Phi) is 7.39. The molecule has 33 heavy (non-hydrogen) atoms. The van der Waals surface area contributed by atoms with Crippen molar-refractivity contribution in [2.24, 2.45) is 10.8 Å². The molecule has 6 nitrogen and oxygen atoms in total. The predicted octanol–water partition coefficient (Wildman–Crippen LogP) is 3.27. The van der Waals surface area contributed by atoms with Gasteiger partial charge in [0.15, 0.2) is 5.11 Å². The molecule has 0 aromatic heterocycles. The minimum atomic E-state index is -0.283. The zero-order valence-electron chi connectivity index (χ0n) is 18.8. The highest BCUT2D eigenvalue weighted by atomic mass is 32.1. The molecule has 2 fully saturated rings. The molecule has 0 bridgehead atoms. The number of thiocarbonyl (C=S) groups is 1. The molecule has 0 unspecified atom stereocenters. The van der Waals surface area contributed by atoms with Crippen LogP contribution in [-0.2, 0) is 0 Å². The number of hydrogen-bond acceptors (Lipinski definition) is 5. The number of anilines is 2. The summed E-state index contributed by atoms with van der Waals surface area (Å²) in [5.74, 6) is -0.205. The van der Waals surface area contributed by atoms with Crippen LogP contribution < -0.4 is 21.0 Å². The summed E-state index contributed by atoms with van der Waals surface area (Å²) in [5, 5.41) is 4.12. The van der Waals surface area contributed by atoms with E-state index in [1.807, 2.05) is 12.1 Å². The molecule has 0 spiro atoms. The number of benzene rings is 2. The molecule has 4 rings (SSSR count). The quantitative estimate of drug-likeness (QED) is 0.396. The Morgan fingerprint density at radius 2 is 1.73 bits per heavy atom. The van der Waals surface area contributed by atoms with Crippen LogP contribution in [0.4, 0.5) is 20.2 Å². The molecule has 176 valence electrons. The molecule has 0 aliphatic carbocycles. The molecule has 0 radical (unpaired) electrons. The first-order valence-corrected chi connectivity index (χ1v) is 11.7. The molecule has 0 amide bonds. The SMILES string of the molecule is CN1CCN(c2cc(N3CCC(c4cccc(F)c4)CC3)c(F)cc2C=NNC(N)=S)CC1. The van der Waals surface area contributed by atoms with E-state index >= 15 is 4.39 Å². The number of piperazine rings is 1. The molecule has 2 aromatic carbocycles.